The van der Waals surface area contributed by atoms with Crippen molar-refractivity contribution >= 4 is 11.8 Å². The maximum Gasteiger partial charge on any atom is 0.229 e. The molecule has 0 aliphatic carbocycles. The Labute approximate surface area is 107 Å². The van der Waals surface area contributed by atoms with Gasteiger partial charge in [-0.3, -0.25) is 14.5 Å². The molecule has 1 aromatic rings. The Bertz CT molecular complexity index is 466. The van der Waals surface area contributed by atoms with E-state index in [9.17, 15) is 9.59 Å². The Morgan fingerprint density at radius 3 is 2.44 bits per heavy atom. The van der Waals surface area contributed by atoms with Crippen LogP contribution < -0.4 is 4.74 Å². The fourth-order valence-corrected chi connectivity index (χ4v) is 2.19. The second-order valence-electron chi connectivity index (χ2n) is 4.37. The van der Waals surface area contributed by atoms with Gasteiger partial charge >= 0.3 is 0 Å². The summed E-state index contributed by atoms with van der Waals surface area (Å²) in [6.07, 6.45) is 1.55. The van der Waals surface area contributed by atoms with Gasteiger partial charge in [0.05, 0.1) is 13.7 Å². The lowest BCUT2D eigenvalue weighted by Crippen LogP contribution is -2.28. The average Bonchev–Trinajstić information content (AvgIpc) is 2.70. The van der Waals surface area contributed by atoms with Crippen LogP contribution in [0, 0.1) is 0 Å². The minimum Gasteiger partial charge on any atom is -0.496 e. The summed E-state index contributed by atoms with van der Waals surface area (Å²) in [4.78, 5) is 24.4. The summed E-state index contributed by atoms with van der Waals surface area (Å²) in [5.74, 6) is 0.697. The van der Waals surface area contributed by atoms with Crippen molar-refractivity contribution in [1.29, 1.82) is 0 Å². The van der Waals surface area contributed by atoms with E-state index < -0.39 is 0 Å². The molecule has 4 nitrogen and oxygen atoms in total. The Kier molecular flexibility index (Phi) is 3.65. The molecule has 1 heterocycles. The first kappa shape index (κ1) is 12.6. The third-order valence-corrected chi connectivity index (χ3v) is 3.22. The fourth-order valence-electron chi connectivity index (χ4n) is 2.19. The molecule has 0 atom stereocenters. The Morgan fingerprint density at radius 1 is 1.22 bits per heavy atom. The van der Waals surface area contributed by atoms with E-state index >= 15 is 0 Å². The number of hydrogen-bond donors (Lipinski definition) is 0. The van der Waals surface area contributed by atoms with Crippen LogP contribution in [0.2, 0.25) is 0 Å². The number of carbonyl (C=O) groups is 2. The normalized spacial score (nSPS) is 15.3. The molecule has 2 amide bonds. The van der Waals surface area contributed by atoms with Crippen LogP contribution in [-0.4, -0.2) is 23.8 Å². The van der Waals surface area contributed by atoms with Crippen molar-refractivity contribution in [2.75, 3.05) is 7.11 Å². The standard InChI is InChI=1S/C14H17NO3/c1-3-11-8-10(4-5-12(11)18-2)9-15-13(16)6-7-14(15)17/h4-5,8H,3,6-7,9H2,1-2H3. The molecule has 1 aliphatic heterocycles. The molecule has 0 unspecified atom stereocenters. The first-order valence-corrected chi connectivity index (χ1v) is 6.14. The zero-order valence-electron chi connectivity index (χ0n) is 10.7. The number of methoxy groups -OCH3 is 1. The summed E-state index contributed by atoms with van der Waals surface area (Å²) in [6.45, 7) is 2.42. The van der Waals surface area contributed by atoms with Gasteiger partial charge in [-0.1, -0.05) is 19.1 Å². The lowest BCUT2D eigenvalue weighted by atomic mass is 10.1. The van der Waals surface area contributed by atoms with E-state index in [2.05, 4.69) is 0 Å². The number of hydrogen-bond acceptors (Lipinski definition) is 3. The lowest BCUT2D eigenvalue weighted by molar-refractivity contribution is -0.139. The molecule has 18 heavy (non-hydrogen) atoms. The highest BCUT2D eigenvalue weighted by molar-refractivity contribution is 6.01. The molecule has 0 bridgehead atoms. The van der Waals surface area contributed by atoms with Gasteiger partial charge in [-0.05, 0) is 23.6 Å². The molecule has 2 rings (SSSR count). The average molecular weight is 247 g/mol. The predicted octanol–water partition coefficient (Wildman–Crippen LogP) is 1.91. The molecule has 1 aromatic carbocycles. The number of imide groups is 1. The Hall–Kier alpha value is -1.84. The molecule has 1 aliphatic rings. The topological polar surface area (TPSA) is 46.6 Å². The summed E-state index contributed by atoms with van der Waals surface area (Å²) in [5.41, 5.74) is 2.06. The van der Waals surface area contributed by atoms with Gasteiger partial charge in [-0.25, -0.2) is 0 Å². The third kappa shape index (κ3) is 2.37. The highest BCUT2D eigenvalue weighted by atomic mass is 16.5. The number of benzene rings is 1. The second-order valence-corrected chi connectivity index (χ2v) is 4.37. The summed E-state index contributed by atoms with van der Waals surface area (Å²) in [5, 5.41) is 0. The zero-order chi connectivity index (χ0) is 13.1. The predicted molar refractivity (Wildman–Crippen MR) is 67.2 cm³/mol. The van der Waals surface area contributed by atoms with Gasteiger partial charge in [0.1, 0.15) is 5.75 Å². The van der Waals surface area contributed by atoms with Crippen LogP contribution in [0.3, 0.4) is 0 Å². The number of aryl methyl sites for hydroxylation is 1. The number of ether oxygens (including phenoxy) is 1. The molecule has 0 radical (unpaired) electrons. The molecule has 4 heteroatoms. The number of likely N-dealkylation sites (tertiary alicyclic amines) is 1. The molecule has 1 fully saturated rings. The molecule has 0 saturated carbocycles. The number of amides is 2. The molecule has 0 spiro atoms. The van der Waals surface area contributed by atoms with Gasteiger partial charge in [0.15, 0.2) is 0 Å². The SMILES string of the molecule is CCc1cc(CN2C(=O)CCC2=O)ccc1OC. The molecule has 0 aromatic heterocycles. The lowest BCUT2D eigenvalue weighted by Gasteiger charge is -2.15. The van der Waals surface area contributed by atoms with Gasteiger partial charge in [0.25, 0.3) is 0 Å². The largest absolute Gasteiger partial charge is 0.496 e. The molecule has 96 valence electrons. The van der Waals surface area contributed by atoms with Crippen LogP contribution in [0.4, 0.5) is 0 Å². The number of rotatable bonds is 4. The number of carbonyl (C=O) groups excluding carboxylic acids is 2. The van der Waals surface area contributed by atoms with Crippen LogP contribution in [0.1, 0.15) is 30.9 Å². The smallest absolute Gasteiger partial charge is 0.229 e. The molecular weight excluding hydrogens is 230 g/mol. The van der Waals surface area contributed by atoms with Crippen molar-refractivity contribution in [3.63, 3.8) is 0 Å². The summed E-state index contributed by atoms with van der Waals surface area (Å²) in [6, 6.07) is 5.79. The fraction of sp³-hybridized carbons (Fsp3) is 0.429. The molecule has 0 N–H and O–H groups in total. The van der Waals surface area contributed by atoms with E-state index in [1.54, 1.807) is 7.11 Å². The van der Waals surface area contributed by atoms with Gasteiger partial charge in [0.2, 0.25) is 11.8 Å². The van der Waals surface area contributed by atoms with Crippen molar-refractivity contribution in [3.05, 3.63) is 29.3 Å². The van der Waals surface area contributed by atoms with E-state index in [1.165, 1.54) is 4.90 Å². The van der Waals surface area contributed by atoms with Gasteiger partial charge in [-0.2, -0.15) is 0 Å². The van der Waals surface area contributed by atoms with E-state index in [0.717, 1.165) is 23.3 Å². The Balaban J connectivity index is 2.19. The summed E-state index contributed by atoms with van der Waals surface area (Å²) < 4.78 is 5.26. The van der Waals surface area contributed by atoms with Crippen LogP contribution >= 0.6 is 0 Å². The maximum atomic E-state index is 11.5. The van der Waals surface area contributed by atoms with Gasteiger partial charge < -0.3 is 4.74 Å². The molecule has 1 saturated heterocycles. The second kappa shape index (κ2) is 5.21. The van der Waals surface area contributed by atoms with Gasteiger partial charge in [-0.15, -0.1) is 0 Å². The monoisotopic (exact) mass is 247 g/mol. The van der Waals surface area contributed by atoms with Crippen molar-refractivity contribution in [2.24, 2.45) is 0 Å². The minimum atomic E-state index is -0.0751. The van der Waals surface area contributed by atoms with Crippen LogP contribution in [0.5, 0.6) is 5.75 Å². The summed E-state index contributed by atoms with van der Waals surface area (Å²) >= 11 is 0. The third-order valence-electron chi connectivity index (χ3n) is 3.22. The van der Waals surface area contributed by atoms with Crippen molar-refractivity contribution < 1.29 is 14.3 Å². The van der Waals surface area contributed by atoms with Crippen molar-refractivity contribution in [3.8, 4) is 5.75 Å². The van der Waals surface area contributed by atoms with Gasteiger partial charge in [0, 0.05) is 12.8 Å². The Morgan fingerprint density at radius 2 is 1.89 bits per heavy atom. The van der Waals surface area contributed by atoms with Crippen LogP contribution in [0.25, 0.3) is 0 Å². The van der Waals surface area contributed by atoms with E-state index in [4.69, 9.17) is 4.74 Å². The quantitative estimate of drug-likeness (QED) is 0.763. The molecular formula is C14H17NO3. The number of nitrogens with zero attached hydrogens (tertiary/aromatic N) is 1. The van der Waals surface area contributed by atoms with Crippen LogP contribution in [0.15, 0.2) is 18.2 Å². The van der Waals surface area contributed by atoms with E-state index in [1.807, 2.05) is 25.1 Å². The maximum absolute atomic E-state index is 11.5. The van der Waals surface area contributed by atoms with Crippen molar-refractivity contribution in [1.82, 2.24) is 4.90 Å². The zero-order valence-corrected chi connectivity index (χ0v) is 10.7. The highest BCUT2D eigenvalue weighted by Gasteiger charge is 2.28. The van der Waals surface area contributed by atoms with E-state index in [0.29, 0.717) is 19.4 Å². The minimum absolute atomic E-state index is 0.0751. The highest BCUT2D eigenvalue weighted by Crippen LogP contribution is 2.22. The summed E-state index contributed by atoms with van der Waals surface area (Å²) in [7, 11) is 1.64. The van der Waals surface area contributed by atoms with Crippen molar-refractivity contribution in [2.45, 2.75) is 32.7 Å². The van der Waals surface area contributed by atoms with E-state index in [-0.39, 0.29) is 11.8 Å². The first-order valence-electron chi connectivity index (χ1n) is 6.14. The first-order chi connectivity index (χ1) is 8.65. The van der Waals surface area contributed by atoms with Crippen LogP contribution in [-0.2, 0) is 22.6 Å².